The van der Waals surface area contributed by atoms with Crippen molar-refractivity contribution >= 4 is 11.8 Å². The predicted octanol–water partition coefficient (Wildman–Crippen LogP) is 4.16. The van der Waals surface area contributed by atoms with E-state index in [0.717, 1.165) is 5.56 Å². The monoisotopic (exact) mass is 368 g/mol. The van der Waals surface area contributed by atoms with Gasteiger partial charge in [-0.25, -0.2) is 4.79 Å². The van der Waals surface area contributed by atoms with Crippen LogP contribution < -0.4 is 5.32 Å². The molecule has 2 heterocycles. The van der Waals surface area contributed by atoms with Crippen LogP contribution >= 0.6 is 0 Å². The van der Waals surface area contributed by atoms with Crippen molar-refractivity contribution in [3.8, 4) is 28.7 Å². The van der Waals surface area contributed by atoms with E-state index in [9.17, 15) is 9.90 Å². The number of hydrogen-bond acceptors (Lipinski definition) is 7. The zero-order valence-electron chi connectivity index (χ0n) is 15.5. The molecule has 0 bridgehead atoms. The van der Waals surface area contributed by atoms with Gasteiger partial charge in [0, 0.05) is 0 Å². The average molecular weight is 368 g/mol. The highest BCUT2D eigenvalue weighted by Gasteiger charge is 2.17. The minimum atomic E-state index is -0.583. The first kappa shape index (κ1) is 18.4. The Hall–Kier alpha value is -3.42. The third-order valence-corrected chi connectivity index (χ3v) is 3.45. The van der Waals surface area contributed by atoms with Gasteiger partial charge in [0.1, 0.15) is 17.0 Å². The fraction of sp³-hybridized carbons (Fsp3) is 0.263. The van der Waals surface area contributed by atoms with Gasteiger partial charge < -0.3 is 14.4 Å². The van der Waals surface area contributed by atoms with Gasteiger partial charge in [0.25, 0.3) is 5.89 Å². The summed E-state index contributed by atoms with van der Waals surface area (Å²) in [5.74, 6) is 0.527. The van der Waals surface area contributed by atoms with Gasteiger partial charge in [0.15, 0.2) is 0 Å². The van der Waals surface area contributed by atoms with Crippen molar-refractivity contribution in [2.75, 3.05) is 5.32 Å². The van der Waals surface area contributed by atoms with Gasteiger partial charge >= 0.3 is 6.09 Å². The number of ether oxygens (including phenoxy) is 1. The van der Waals surface area contributed by atoms with E-state index in [-0.39, 0.29) is 17.5 Å². The Morgan fingerprint density at radius 2 is 2.00 bits per heavy atom. The van der Waals surface area contributed by atoms with Crippen LogP contribution in [0.5, 0.6) is 5.75 Å². The van der Waals surface area contributed by atoms with E-state index in [1.165, 1.54) is 6.20 Å². The molecule has 1 aromatic carbocycles. The second-order valence-electron chi connectivity index (χ2n) is 7.00. The van der Waals surface area contributed by atoms with E-state index in [1.54, 1.807) is 51.1 Å². The van der Waals surface area contributed by atoms with Crippen molar-refractivity contribution in [3.63, 3.8) is 0 Å². The summed E-state index contributed by atoms with van der Waals surface area (Å²) in [6.07, 6.45) is 0.910. The van der Waals surface area contributed by atoms with Crippen LogP contribution in [0.15, 0.2) is 41.1 Å². The molecule has 0 atom stereocenters. The number of nitrogens with zero attached hydrogens (tertiary/aromatic N) is 3. The summed E-state index contributed by atoms with van der Waals surface area (Å²) in [6.45, 7) is 7.26. The van der Waals surface area contributed by atoms with Crippen LogP contribution in [0.4, 0.5) is 10.5 Å². The highest BCUT2D eigenvalue weighted by atomic mass is 16.6. The van der Waals surface area contributed by atoms with Gasteiger partial charge in [-0.1, -0.05) is 16.8 Å². The Morgan fingerprint density at radius 3 is 2.67 bits per heavy atom. The number of pyridine rings is 1. The van der Waals surface area contributed by atoms with Crippen LogP contribution in [0.25, 0.3) is 23.0 Å². The molecule has 0 aliphatic rings. The van der Waals surface area contributed by atoms with Gasteiger partial charge in [0.2, 0.25) is 5.82 Å². The number of anilines is 1. The summed E-state index contributed by atoms with van der Waals surface area (Å²) in [5, 5.41) is 16.5. The maximum absolute atomic E-state index is 11.8. The van der Waals surface area contributed by atoms with Gasteiger partial charge in [-0.15, -0.1) is 0 Å². The Bertz CT molecular complexity index is 959. The molecule has 0 unspecified atom stereocenters. The lowest BCUT2D eigenvalue weighted by Crippen LogP contribution is -2.27. The number of amides is 1. The summed E-state index contributed by atoms with van der Waals surface area (Å²) in [7, 11) is 0. The van der Waals surface area contributed by atoms with Crippen LogP contribution in [0, 0.1) is 6.92 Å². The molecule has 3 aromatic rings. The molecular formula is C19H20N4O4. The number of aromatic nitrogens is 3. The maximum atomic E-state index is 11.8. The van der Waals surface area contributed by atoms with Crippen LogP contribution in [0.1, 0.15) is 26.3 Å². The van der Waals surface area contributed by atoms with E-state index in [0.29, 0.717) is 16.9 Å². The largest absolute Gasteiger partial charge is 0.507 e. The van der Waals surface area contributed by atoms with Gasteiger partial charge in [0.05, 0.1) is 17.4 Å². The van der Waals surface area contributed by atoms with Crippen molar-refractivity contribution < 1.29 is 19.2 Å². The van der Waals surface area contributed by atoms with Crippen molar-refractivity contribution in [3.05, 3.63) is 42.1 Å². The molecule has 140 valence electrons. The molecule has 0 fully saturated rings. The van der Waals surface area contributed by atoms with Crippen molar-refractivity contribution in [1.82, 2.24) is 15.1 Å². The Kier molecular flexibility index (Phi) is 4.81. The molecule has 0 aliphatic heterocycles. The SMILES string of the molecule is Cc1ccc(O)c(-c2nc(-c3ccc(NC(=O)OC(C)(C)C)cn3)no2)c1. The number of phenols is 1. The number of benzene rings is 1. The van der Waals surface area contributed by atoms with Crippen LogP contribution in [-0.2, 0) is 4.74 Å². The first-order valence-corrected chi connectivity index (χ1v) is 8.31. The zero-order valence-corrected chi connectivity index (χ0v) is 15.5. The topological polar surface area (TPSA) is 110 Å². The summed E-state index contributed by atoms with van der Waals surface area (Å²) in [6, 6.07) is 8.43. The molecule has 2 aromatic heterocycles. The first-order valence-electron chi connectivity index (χ1n) is 8.31. The van der Waals surface area contributed by atoms with E-state index in [4.69, 9.17) is 9.26 Å². The van der Waals surface area contributed by atoms with Gasteiger partial charge in [-0.3, -0.25) is 10.3 Å². The van der Waals surface area contributed by atoms with E-state index in [2.05, 4.69) is 20.4 Å². The number of carbonyl (C=O) groups is 1. The number of aromatic hydroxyl groups is 1. The second-order valence-corrected chi connectivity index (χ2v) is 7.00. The normalized spacial score (nSPS) is 11.3. The number of phenolic OH excluding ortho intramolecular Hbond substituents is 1. The molecule has 8 nitrogen and oxygen atoms in total. The van der Waals surface area contributed by atoms with E-state index in [1.807, 2.05) is 6.92 Å². The van der Waals surface area contributed by atoms with E-state index < -0.39 is 11.7 Å². The lowest BCUT2D eigenvalue weighted by Gasteiger charge is -2.19. The van der Waals surface area contributed by atoms with Gasteiger partial charge in [-0.05, 0) is 52.0 Å². The minimum absolute atomic E-state index is 0.0562. The molecule has 1 amide bonds. The number of nitrogens with one attached hydrogen (secondary N) is 1. The Labute approximate surface area is 156 Å². The third-order valence-electron chi connectivity index (χ3n) is 3.45. The molecular weight excluding hydrogens is 348 g/mol. The summed E-state index contributed by atoms with van der Waals surface area (Å²) in [4.78, 5) is 20.3. The summed E-state index contributed by atoms with van der Waals surface area (Å²) < 4.78 is 10.4. The smallest absolute Gasteiger partial charge is 0.412 e. The summed E-state index contributed by atoms with van der Waals surface area (Å²) in [5.41, 5.74) is 1.77. The third kappa shape index (κ3) is 4.60. The molecule has 27 heavy (non-hydrogen) atoms. The quantitative estimate of drug-likeness (QED) is 0.714. The Morgan fingerprint density at radius 1 is 1.22 bits per heavy atom. The maximum Gasteiger partial charge on any atom is 0.412 e. The number of rotatable bonds is 3. The predicted molar refractivity (Wildman–Crippen MR) is 99.2 cm³/mol. The first-order chi connectivity index (χ1) is 12.7. The standard InChI is InChI=1S/C19H20N4O4/c1-11-5-8-15(24)13(9-11)17-22-16(23-27-17)14-7-6-12(10-20-14)21-18(25)26-19(2,3)4/h5-10,24H,1-4H3,(H,21,25). The number of hydrogen-bond donors (Lipinski definition) is 2. The highest BCUT2D eigenvalue weighted by Crippen LogP contribution is 2.30. The molecule has 0 spiro atoms. The molecule has 3 rings (SSSR count). The fourth-order valence-corrected chi connectivity index (χ4v) is 2.28. The van der Waals surface area contributed by atoms with Crippen molar-refractivity contribution in [1.29, 1.82) is 0 Å². The summed E-state index contributed by atoms with van der Waals surface area (Å²) >= 11 is 0. The molecule has 0 saturated carbocycles. The number of carbonyl (C=O) groups excluding carboxylic acids is 1. The number of aryl methyl sites for hydroxylation is 1. The van der Waals surface area contributed by atoms with Gasteiger partial charge in [-0.2, -0.15) is 4.98 Å². The van der Waals surface area contributed by atoms with Crippen molar-refractivity contribution in [2.24, 2.45) is 0 Å². The highest BCUT2D eigenvalue weighted by molar-refractivity contribution is 5.84. The van der Waals surface area contributed by atoms with Crippen LogP contribution in [0.2, 0.25) is 0 Å². The molecule has 0 saturated heterocycles. The molecule has 2 N–H and O–H groups in total. The lowest BCUT2D eigenvalue weighted by molar-refractivity contribution is 0.0636. The average Bonchev–Trinajstić information content (AvgIpc) is 3.06. The molecule has 0 aliphatic carbocycles. The lowest BCUT2D eigenvalue weighted by atomic mass is 10.1. The van der Waals surface area contributed by atoms with Crippen molar-refractivity contribution in [2.45, 2.75) is 33.3 Å². The molecule has 0 radical (unpaired) electrons. The minimum Gasteiger partial charge on any atom is -0.507 e. The molecule has 8 heteroatoms. The zero-order chi connectivity index (χ0) is 19.6. The van der Waals surface area contributed by atoms with E-state index >= 15 is 0 Å². The van der Waals surface area contributed by atoms with Crippen LogP contribution in [0.3, 0.4) is 0 Å². The fourth-order valence-electron chi connectivity index (χ4n) is 2.28. The Balaban J connectivity index is 1.76. The van der Waals surface area contributed by atoms with Crippen LogP contribution in [-0.4, -0.2) is 31.9 Å². The second kappa shape index (κ2) is 7.06.